The van der Waals surface area contributed by atoms with E-state index in [-0.39, 0.29) is 23.2 Å². The SMILES string of the molecule is O=C(NCC(c1ccco1)N1CCCC1)c1nn(Cc2ccccc2)c(=O)c2ccccc12. The summed E-state index contributed by atoms with van der Waals surface area (Å²) < 4.78 is 7.04. The van der Waals surface area contributed by atoms with Crippen molar-refractivity contribution in [2.45, 2.75) is 25.4 Å². The van der Waals surface area contributed by atoms with Gasteiger partial charge in [-0.3, -0.25) is 14.5 Å². The Morgan fingerprint density at radius 3 is 2.42 bits per heavy atom. The van der Waals surface area contributed by atoms with E-state index in [9.17, 15) is 9.59 Å². The summed E-state index contributed by atoms with van der Waals surface area (Å²) in [6.45, 7) is 2.66. The number of likely N-dealkylation sites (tertiary alicyclic amines) is 1. The molecule has 0 saturated carbocycles. The van der Waals surface area contributed by atoms with E-state index in [0.29, 0.717) is 23.9 Å². The zero-order chi connectivity index (χ0) is 22.6. The molecule has 0 bridgehead atoms. The van der Waals surface area contributed by atoms with Crippen molar-refractivity contribution in [2.75, 3.05) is 19.6 Å². The second kappa shape index (κ2) is 9.42. The number of carbonyl (C=O) groups excluding carboxylic acids is 1. The van der Waals surface area contributed by atoms with Crippen LogP contribution in [-0.4, -0.2) is 40.2 Å². The number of hydrogen-bond acceptors (Lipinski definition) is 5. The molecule has 2 aromatic carbocycles. The molecule has 1 atom stereocenters. The molecule has 1 fully saturated rings. The lowest BCUT2D eigenvalue weighted by molar-refractivity contribution is 0.0928. The van der Waals surface area contributed by atoms with E-state index in [2.05, 4.69) is 15.3 Å². The zero-order valence-corrected chi connectivity index (χ0v) is 18.3. The Hall–Kier alpha value is -3.71. The second-order valence-corrected chi connectivity index (χ2v) is 8.33. The van der Waals surface area contributed by atoms with Crippen LogP contribution in [0.15, 0.2) is 82.2 Å². The molecule has 1 amide bonds. The number of rotatable bonds is 7. The highest BCUT2D eigenvalue weighted by Gasteiger charge is 2.27. The molecule has 1 N–H and O–H groups in total. The summed E-state index contributed by atoms with van der Waals surface area (Å²) in [4.78, 5) is 28.7. The van der Waals surface area contributed by atoms with E-state index < -0.39 is 0 Å². The Bertz CT molecular complexity index is 1290. The van der Waals surface area contributed by atoms with Gasteiger partial charge in [-0.05, 0) is 49.7 Å². The quantitative estimate of drug-likeness (QED) is 0.473. The topological polar surface area (TPSA) is 80.4 Å². The fourth-order valence-electron chi connectivity index (χ4n) is 4.48. The van der Waals surface area contributed by atoms with Crippen LogP contribution in [0.3, 0.4) is 0 Å². The summed E-state index contributed by atoms with van der Waals surface area (Å²) in [6.07, 6.45) is 3.94. The van der Waals surface area contributed by atoms with Gasteiger partial charge in [0.15, 0.2) is 5.69 Å². The first-order valence-electron chi connectivity index (χ1n) is 11.3. The van der Waals surface area contributed by atoms with Gasteiger partial charge >= 0.3 is 0 Å². The highest BCUT2D eigenvalue weighted by atomic mass is 16.3. The Balaban J connectivity index is 1.45. The van der Waals surface area contributed by atoms with Gasteiger partial charge in [-0.25, -0.2) is 4.68 Å². The molecule has 0 spiro atoms. The van der Waals surface area contributed by atoms with Gasteiger partial charge in [-0.2, -0.15) is 5.10 Å². The molecule has 5 rings (SSSR count). The van der Waals surface area contributed by atoms with Crippen LogP contribution in [-0.2, 0) is 6.54 Å². The molecule has 1 saturated heterocycles. The lowest BCUT2D eigenvalue weighted by Gasteiger charge is -2.26. The minimum atomic E-state index is -0.302. The molecular weight excluding hydrogens is 416 g/mol. The van der Waals surface area contributed by atoms with Crippen molar-refractivity contribution in [1.29, 1.82) is 0 Å². The van der Waals surface area contributed by atoms with Gasteiger partial charge in [0, 0.05) is 11.9 Å². The van der Waals surface area contributed by atoms with Gasteiger partial charge < -0.3 is 9.73 Å². The second-order valence-electron chi connectivity index (χ2n) is 8.33. The fraction of sp³-hybridized carbons (Fsp3) is 0.269. The van der Waals surface area contributed by atoms with E-state index in [4.69, 9.17) is 4.42 Å². The van der Waals surface area contributed by atoms with Gasteiger partial charge in [-0.15, -0.1) is 0 Å². The number of aromatic nitrogens is 2. The number of nitrogens with one attached hydrogen (secondary N) is 1. The number of amides is 1. The fourth-order valence-corrected chi connectivity index (χ4v) is 4.48. The van der Waals surface area contributed by atoms with Crippen LogP contribution in [0.25, 0.3) is 10.8 Å². The Labute approximate surface area is 191 Å². The third kappa shape index (κ3) is 4.45. The average molecular weight is 443 g/mol. The van der Waals surface area contributed by atoms with Gasteiger partial charge in [-0.1, -0.05) is 48.5 Å². The third-order valence-corrected chi connectivity index (χ3v) is 6.17. The summed E-state index contributed by atoms with van der Waals surface area (Å²) >= 11 is 0. The molecule has 168 valence electrons. The van der Waals surface area contributed by atoms with Crippen LogP contribution in [0.4, 0.5) is 0 Å². The Kier molecular flexibility index (Phi) is 6.04. The normalized spacial score (nSPS) is 15.0. The zero-order valence-electron chi connectivity index (χ0n) is 18.3. The van der Waals surface area contributed by atoms with Crippen molar-refractivity contribution in [1.82, 2.24) is 20.0 Å². The summed E-state index contributed by atoms with van der Waals surface area (Å²) in [5, 5.41) is 8.58. The molecule has 0 aliphatic carbocycles. The van der Waals surface area contributed by atoms with Gasteiger partial charge in [0.1, 0.15) is 5.76 Å². The van der Waals surface area contributed by atoms with Crippen molar-refractivity contribution in [3.8, 4) is 0 Å². The first kappa shape index (κ1) is 21.2. The van der Waals surface area contributed by atoms with Crippen LogP contribution in [0.2, 0.25) is 0 Å². The van der Waals surface area contributed by atoms with Crippen molar-refractivity contribution in [3.05, 3.63) is 100 Å². The van der Waals surface area contributed by atoms with E-state index >= 15 is 0 Å². The van der Waals surface area contributed by atoms with Gasteiger partial charge in [0.05, 0.1) is 24.2 Å². The first-order chi connectivity index (χ1) is 16.2. The number of carbonyl (C=O) groups is 1. The van der Waals surface area contributed by atoms with Crippen LogP contribution >= 0.6 is 0 Å². The average Bonchev–Trinajstić information content (AvgIpc) is 3.57. The minimum absolute atomic E-state index is 0.0343. The smallest absolute Gasteiger partial charge is 0.274 e. The van der Waals surface area contributed by atoms with Gasteiger partial charge in [0.25, 0.3) is 11.5 Å². The maximum atomic E-state index is 13.3. The Morgan fingerprint density at radius 2 is 1.70 bits per heavy atom. The molecule has 33 heavy (non-hydrogen) atoms. The monoisotopic (exact) mass is 442 g/mol. The third-order valence-electron chi connectivity index (χ3n) is 6.17. The largest absolute Gasteiger partial charge is 0.468 e. The first-order valence-corrected chi connectivity index (χ1v) is 11.3. The molecule has 1 aliphatic rings. The minimum Gasteiger partial charge on any atom is -0.468 e. The number of hydrogen-bond donors (Lipinski definition) is 1. The highest BCUT2D eigenvalue weighted by Crippen LogP contribution is 2.25. The number of nitrogens with zero attached hydrogens (tertiary/aromatic N) is 3. The number of furan rings is 1. The molecule has 1 unspecified atom stereocenters. The van der Waals surface area contributed by atoms with E-state index in [0.717, 1.165) is 37.3 Å². The maximum absolute atomic E-state index is 13.3. The molecule has 3 heterocycles. The molecule has 1 aliphatic heterocycles. The summed E-state index contributed by atoms with van der Waals surface area (Å²) in [5.74, 6) is 0.535. The Morgan fingerprint density at radius 1 is 0.970 bits per heavy atom. The molecule has 2 aromatic heterocycles. The molecule has 7 nitrogen and oxygen atoms in total. The summed E-state index contributed by atoms with van der Waals surface area (Å²) in [7, 11) is 0. The predicted molar refractivity (Wildman–Crippen MR) is 126 cm³/mol. The number of fused-ring (bicyclic) bond motifs is 1. The van der Waals surface area contributed by atoms with Crippen molar-refractivity contribution >= 4 is 16.7 Å². The highest BCUT2D eigenvalue weighted by molar-refractivity contribution is 6.04. The predicted octanol–water partition coefficient (Wildman–Crippen LogP) is 3.60. The standard InChI is InChI=1S/C26H26N4O3/c31-25(27-17-22(23-13-8-16-33-23)29-14-6-7-15-29)24-20-11-4-5-12-21(20)26(32)30(28-24)18-19-9-2-1-3-10-19/h1-5,8-13,16,22H,6-7,14-15,17-18H2,(H,27,31). The van der Waals surface area contributed by atoms with Crippen molar-refractivity contribution < 1.29 is 9.21 Å². The van der Waals surface area contributed by atoms with Crippen molar-refractivity contribution in [2.24, 2.45) is 0 Å². The number of benzene rings is 2. The molecule has 0 radical (unpaired) electrons. The van der Waals surface area contributed by atoms with Gasteiger partial charge in [0.2, 0.25) is 0 Å². The van der Waals surface area contributed by atoms with E-state index in [1.54, 1.807) is 24.5 Å². The lowest BCUT2D eigenvalue weighted by atomic mass is 10.1. The molecule has 4 aromatic rings. The van der Waals surface area contributed by atoms with E-state index in [1.165, 1.54) is 4.68 Å². The van der Waals surface area contributed by atoms with Crippen LogP contribution < -0.4 is 10.9 Å². The molecular formula is C26H26N4O3. The van der Waals surface area contributed by atoms with Crippen LogP contribution in [0.1, 0.15) is 40.7 Å². The van der Waals surface area contributed by atoms with E-state index in [1.807, 2.05) is 48.5 Å². The van der Waals surface area contributed by atoms with Crippen molar-refractivity contribution in [3.63, 3.8) is 0 Å². The van der Waals surface area contributed by atoms with Crippen LogP contribution in [0.5, 0.6) is 0 Å². The lowest BCUT2D eigenvalue weighted by Crippen LogP contribution is -2.38. The maximum Gasteiger partial charge on any atom is 0.274 e. The molecule has 7 heteroatoms. The van der Waals surface area contributed by atoms with Crippen LogP contribution in [0, 0.1) is 0 Å². The summed E-state index contributed by atoms with van der Waals surface area (Å²) in [6, 6.07) is 20.6. The summed E-state index contributed by atoms with van der Waals surface area (Å²) in [5.41, 5.74) is 0.984.